The third-order valence-electron chi connectivity index (χ3n) is 6.97. The van der Waals surface area contributed by atoms with Gasteiger partial charge in [-0.3, -0.25) is 0 Å². The minimum absolute atomic E-state index is 0.0904. The van der Waals surface area contributed by atoms with Crippen LogP contribution in [-0.4, -0.2) is 34.6 Å². The fourth-order valence-electron chi connectivity index (χ4n) is 4.98. The SMILES string of the molecule is Cc1nc(-c2ccc3c(c2)OC(F)(F)O3)c(-c2cc(-c3cc(C)c(CO)c(F)c3)ccc2-n2nc(C(F)(F)F)cc2C)o1.O=S=O. The number of alkyl halides is 5. The molecule has 9 nitrogen and oxygen atoms in total. The van der Waals surface area contributed by atoms with Crippen molar-refractivity contribution in [2.24, 2.45) is 0 Å². The van der Waals surface area contributed by atoms with Gasteiger partial charge >= 0.3 is 24.0 Å². The van der Waals surface area contributed by atoms with Crippen LogP contribution in [0.2, 0.25) is 0 Å². The Bertz CT molecular complexity index is 1980. The van der Waals surface area contributed by atoms with E-state index < -0.39 is 42.2 Å². The summed E-state index contributed by atoms with van der Waals surface area (Å²) in [4.78, 5) is 4.43. The highest BCUT2D eigenvalue weighted by atomic mass is 32.1. The lowest BCUT2D eigenvalue weighted by atomic mass is 9.95. The number of nitrogens with zero attached hydrogens (tertiary/aromatic N) is 3. The Kier molecular flexibility index (Phi) is 8.53. The average molecular weight is 666 g/mol. The highest BCUT2D eigenvalue weighted by Crippen LogP contribution is 2.45. The molecule has 1 N–H and O–H groups in total. The van der Waals surface area contributed by atoms with Gasteiger partial charge in [0.25, 0.3) is 0 Å². The number of oxazole rings is 1. The van der Waals surface area contributed by atoms with Gasteiger partial charge in [0.1, 0.15) is 11.5 Å². The van der Waals surface area contributed by atoms with Crippen molar-refractivity contribution in [2.75, 3.05) is 0 Å². The summed E-state index contributed by atoms with van der Waals surface area (Å²) in [5, 5.41) is 13.3. The van der Waals surface area contributed by atoms with Crippen LogP contribution in [0.25, 0.3) is 39.4 Å². The number of aryl methyl sites for hydroxylation is 3. The molecule has 3 aromatic carbocycles. The Morgan fingerprint density at radius 3 is 2.22 bits per heavy atom. The molecule has 0 unspecified atom stereocenters. The molecule has 0 atom stereocenters. The number of fused-ring (bicyclic) bond motifs is 1. The Morgan fingerprint density at radius 1 is 0.913 bits per heavy atom. The maximum Gasteiger partial charge on any atom is 0.586 e. The number of hydrogen-bond acceptors (Lipinski definition) is 8. The van der Waals surface area contributed by atoms with Crippen molar-refractivity contribution in [3.63, 3.8) is 0 Å². The number of hydrogen-bond donors (Lipinski definition) is 1. The van der Waals surface area contributed by atoms with E-state index in [4.69, 9.17) is 12.8 Å². The van der Waals surface area contributed by atoms with Crippen LogP contribution < -0.4 is 9.47 Å². The molecule has 0 aliphatic carbocycles. The molecule has 16 heteroatoms. The van der Waals surface area contributed by atoms with Crippen molar-refractivity contribution in [3.05, 3.63) is 88.8 Å². The van der Waals surface area contributed by atoms with E-state index in [0.717, 1.165) is 10.7 Å². The number of benzene rings is 3. The molecule has 0 radical (unpaired) electrons. The van der Waals surface area contributed by atoms with Gasteiger partial charge in [-0.25, -0.2) is 14.1 Å². The van der Waals surface area contributed by atoms with Crippen LogP contribution in [0.3, 0.4) is 0 Å². The zero-order valence-electron chi connectivity index (χ0n) is 23.9. The van der Waals surface area contributed by atoms with E-state index in [1.54, 1.807) is 32.0 Å². The zero-order chi connectivity index (χ0) is 33.6. The second-order valence-corrected chi connectivity index (χ2v) is 10.2. The fourth-order valence-corrected chi connectivity index (χ4v) is 4.98. The predicted molar refractivity (Wildman–Crippen MR) is 150 cm³/mol. The largest absolute Gasteiger partial charge is 0.586 e. The van der Waals surface area contributed by atoms with E-state index in [1.807, 2.05) is 0 Å². The Hall–Kier alpha value is -4.96. The first kappa shape index (κ1) is 32.4. The number of aliphatic hydroxyl groups excluding tert-OH is 1. The summed E-state index contributed by atoms with van der Waals surface area (Å²) >= 11 is -0.750. The minimum Gasteiger partial charge on any atom is -0.440 e. The molecule has 1 aliphatic rings. The second kappa shape index (κ2) is 12.1. The molecular weight excluding hydrogens is 644 g/mol. The van der Waals surface area contributed by atoms with Crippen LogP contribution in [0, 0.1) is 26.6 Å². The summed E-state index contributed by atoms with van der Waals surface area (Å²) < 4.78 is 116. The number of rotatable bonds is 5. The van der Waals surface area contributed by atoms with Gasteiger partial charge in [-0.1, -0.05) is 12.1 Å². The first-order chi connectivity index (χ1) is 21.6. The first-order valence-corrected chi connectivity index (χ1v) is 13.8. The number of aliphatic hydroxyl groups is 1. The molecule has 240 valence electrons. The lowest BCUT2D eigenvalue weighted by Gasteiger charge is -2.15. The lowest BCUT2D eigenvalue weighted by molar-refractivity contribution is -0.286. The van der Waals surface area contributed by atoms with E-state index in [2.05, 4.69) is 19.6 Å². The van der Waals surface area contributed by atoms with E-state index in [9.17, 15) is 31.4 Å². The molecule has 46 heavy (non-hydrogen) atoms. The summed E-state index contributed by atoms with van der Waals surface area (Å²) in [7, 11) is 0. The van der Waals surface area contributed by atoms with Gasteiger partial charge in [0.15, 0.2) is 28.8 Å². The Balaban J connectivity index is 0.00000134. The number of halogens is 6. The molecule has 1 aliphatic heterocycles. The van der Waals surface area contributed by atoms with Crippen molar-refractivity contribution < 1.29 is 53.8 Å². The monoisotopic (exact) mass is 665 g/mol. The minimum atomic E-state index is -4.71. The molecule has 0 saturated heterocycles. The summed E-state index contributed by atoms with van der Waals surface area (Å²) in [5.41, 5.74) is 1.48. The van der Waals surface area contributed by atoms with Gasteiger partial charge in [-0.15, -0.1) is 8.78 Å². The van der Waals surface area contributed by atoms with E-state index in [1.165, 1.54) is 37.3 Å². The fraction of sp³-hybridized carbons (Fsp3) is 0.200. The molecule has 6 rings (SSSR count). The molecule has 2 aromatic heterocycles. The third kappa shape index (κ3) is 6.25. The Morgan fingerprint density at radius 2 is 1.59 bits per heavy atom. The molecule has 0 fully saturated rings. The van der Waals surface area contributed by atoms with Gasteiger partial charge in [-0.05, 0) is 73.0 Å². The van der Waals surface area contributed by atoms with E-state index in [-0.39, 0.29) is 51.4 Å². The van der Waals surface area contributed by atoms with Crippen LogP contribution in [0.4, 0.5) is 26.3 Å². The predicted octanol–water partition coefficient (Wildman–Crippen LogP) is 7.09. The summed E-state index contributed by atoms with van der Waals surface area (Å²) in [6.45, 7) is 4.15. The van der Waals surface area contributed by atoms with Crippen LogP contribution >= 0.6 is 0 Å². The van der Waals surface area contributed by atoms with Crippen LogP contribution in [-0.2, 0) is 24.4 Å². The topological polar surface area (TPSA) is 117 Å². The smallest absolute Gasteiger partial charge is 0.440 e. The quantitative estimate of drug-likeness (QED) is 0.198. The second-order valence-electron chi connectivity index (χ2n) is 10.0. The summed E-state index contributed by atoms with van der Waals surface area (Å²) in [5.74, 6) is -0.793. The summed E-state index contributed by atoms with van der Waals surface area (Å²) in [6, 6.07) is 12.5. The lowest BCUT2D eigenvalue weighted by Crippen LogP contribution is -2.25. The van der Waals surface area contributed by atoms with Crippen molar-refractivity contribution in [2.45, 2.75) is 39.8 Å². The van der Waals surface area contributed by atoms with E-state index in [0.29, 0.717) is 22.3 Å². The van der Waals surface area contributed by atoms with Crippen molar-refractivity contribution >= 4 is 11.6 Å². The number of aromatic nitrogens is 3. The normalized spacial score (nSPS) is 13.3. The molecule has 5 aromatic rings. The first-order valence-electron chi connectivity index (χ1n) is 13.1. The van der Waals surface area contributed by atoms with Gasteiger partial charge in [-0.2, -0.15) is 26.7 Å². The van der Waals surface area contributed by atoms with E-state index >= 15 is 0 Å². The van der Waals surface area contributed by atoms with Crippen LogP contribution in [0.5, 0.6) is 11.5 Å². The standard InChI is InChI=1S/C30H21F6N3O4.O2S/c1-14-8-19(11-22(31)21(14)13-40)17-4-6-23(39-15(2)9-26(38-39)29(32,33)34)20(10-17)28-27(37-16(3)41-28)18-5-7-24-25(12-18)43-30(35,36)42-24;1-3-2/h4-12,40H,13H2,1-3H3;. The molecule has 3 heterocycles. The molecule has 0 spiro atoms. The third-order valence-corrected chi connectivity index (χ3v) is 6.97. The van der Waals surface area contributed by atoms with Crippen LogP contribution in [0.1, 0.15) is 28.4 Å². The highest BCUT2D eigenvalue weighted by molar-refractivity contribution is 7.51. The zero-order valence-corrected chi connectivity index (χ0v) is 24.7. The average Bonchev–Trinajstić information content (AvgIpc) is 3.65. The molecule has 0 saturated carbocycles. The van der Waals surface area contributed by atoms with Gasteiger partial charge in [0.05, 0.1) is 12.3 Å². The molecule has 0 amide bonds. The van der Waals surface area contributed by atoms with Gasteiger partial charge in [0, 0.05) is 29.3 Å². The van der Waals surface area contributed by atoms with Crippen LogP contribution in [0.15, 0.2) is 59.0 Å². The maximum absolute atomic E-state index is 14.8. The van der Waals surface area contributed by atoms with Gasteiger partial charge in [0.2, 0.25) is 0 Å². The highest BCUT2D eigenvalue weighted by Gasteiger charge is 2.43. The van der Waals surface area contributed by atoms with Crippen molar-refractivity contribution in [1.82, 2.24) is 14.8 Å². The van der Waals surface area contributed by atoms with Crippen molar-refractivity contribution in [3.8, 4) is 50.9 Å². The Labute approximate surface area is 259 Å². The molecular formula is C30H21F6N3O6S. The molecule has 0 bridgehead atoms. The van der Waals surface area contributed by atoms with Crippen molar-refractivity contribution in [1.29, 1.82) is 0 Å². The van der Waals surface area contributed by atoms with Gasteiger partial charge < -0.3 is 19.0 Å². The maximum atomic E-state index is 14.8. The number of ether oxygens (including phenoxy) is 2. The summed E-state index contributed by atoms with van der Waals surface area (Å²) in [6.07, 6.45) is -8.56.